The second-order valence-corrected chi connectivity index (χ2v) is 9.45. The Bertz CT molecular complexity index is 1250. The zero-order valence-corrected chi connectivity index (χ0v) is 19.0. The van der Waals surface area contributed by atoms with Gasteiger partial charge in [0, 0.05) is 28.1 Å². The molecule has 1 spiro atoms. The maximum absolute atomic E-state index is 13.7. The minimum atomic E-state index is -1.52. The molecule has 0 saturated carbocycles. The third kappa shape index (κ3) is 3.01. The van der Waals surface area contributed by atoms with Crippen LogP contribution in [0.3, 0.4) is 0 Å². The quantitative estimate of drug-likeness (QED) is 0.571. The van der Waals surface area contributed by atoms with Crippen molar-refractivity contribution in [2.45, 2.75) is 31.5 Å². The van der Waals surface area contributed by atoms with Gasteiger partial charge in [0.25, 0.3) is 0 Å². The molecule has 5 rings (SSSR count). The molecular formula is C23H20Cl2N4O4. The molecule has 0 unspecified atom stereocenters. The van der Waals surface area contributed by atoms with Crippen LogP contribution in [0.5, 0.6) is 0 Å². The Morgan fingerprint density at radius 1 is 1.09 bits per heavy atom. The first-order valence-electron chi connectivity index (χ1n) is 10.4. The summed E-state index contributed by atoms with van der Waals surface area (Å²) in [7, 11) is 0. The van der Waals surface area contributed by atoms with E-state index in [0.717, 1.165) is 4.90 Å². The van der Waals surface area contributed by atoms with Gasteiger partial charge in [0.2, 0.25) is 23.6 Å². The van der Waals surface area contributed by atoms with Gasteiger partial charge < -0.3 is 11.1 Å². The van der Waals surface area contributed by atoms with E-state index in [4.69, 9.17) is 28.9 Å². The number of nitrogens with one attached hydrogen (secondary N) is 2. The Hall–Kier alpha value is -2.94. The van der Waals surface area contributed by atoms with Crippen LogP contribution in [0.15, 0.2) is 36.4 Å². The fraction of sp³-hybridized carbons (Fsp3) is 0.304. The first kappa shape index (κ1) is 21.9. The highest BCUT2D eigenvalue weighted by atomic mass is 35.5. The maximum atomic E-state index is 13.7. The van der Waals surface area contributed by atoms with Crippen molar-refractivity contribution in [3.63, 3.8) is 0 Å². The molecule has 0 aromatic heterocycles. The number of nitrogens with two attached hydrogens (primary N) is 1. The van der Waals surface area contributed by atoms with Gasteiger partial charge in [0.1, 0.15) is 5.54 Å². The summed E-state index contributed by atoms with van der Waals surface area (Å²) in [5.74, 6) is -4.05. The molecule has 4 N–H and O–H groups in total. The average Bonchev–Trinajstić information content (AvgIpc) is 3.33. The lowest BCUT2D eigenvalue weighted by molar-refractivity contribution is -0.143. The van der Waals surface area contributed by atoms with Crippen LogP contribution in [0.25, 0.3) is 0 Å². The third-order valence-corrected chi connectivity index (χ3v) is 7.66. The van der Waals surface area contributed by atoms with Gasteiger partial charge in [0.15, 0.2) is 0 Å². The van der Waals surface area contributed by atoms with Crippen LogP contribution in [0.1, 0.15) is 23.1 Å². The molecule has 10 heteroatoms. The normalized spacial score (nSPS) is 27.8. The number of hydrogen-bond donors (Lipinski definition) is 3. The van der Waals surface area contributed by atoms with E-state index in [0.29, 0.717) is 32.4 Å². The summed E-state index contributed by atoms with van der Waals surface area (Å²) in [4.78, 5) is 53.6. The molecule has 3 aliphatic heterocycles. The highest BCUT2D eigenvalue weighted by Crippen LogP contribution is 2.54. The number of halogens is 2. The van der Waals surface area contributed by atoms with Crippen LogP contribution in [0.2, 0.25) is 10.0 Å². The Balaban J connectivity index is 1.63. The monoisotopic (exact) mass is 486 g/mol. The molecule has 2 fully saturated rings. The number of anilines is 1. The maximum Gasteiger partial charge on any atom is 0.250 e. The summed E-state index contributed by atoms with van der Waals surface area (Å²) < 4.78 is 0. The van der Waals surface area contributed by atoms with Gasteiger partial charge in [-0.05, 0) is 30.2 Å². The number of imide groups is 1. The predicted molar refractivity (Wildman–Crippen MR) is 121 cm³/mol. The molecule has 0 bridgehead atoms. The molecule has 0 aliphatic carbocycles. The number of rotatable bonds is 4. The van der Waals surface area contributed by atoms with Crippen LogP contribution in [0.4, 0.5) is 5.69 Å². The summed E-state index contributed by atoms with van der Waals surface area (Å²) in [6.45, 7) is 1.73. The van der Waals surface area contributed by atoms with E-state index in [9.17, 15) is 19.2 Å². The summed E-state index contributed by atoms with van der Waals surface area (Å²) in [5.41, 5.74) is 6.22. The Morgan fingerprint density at radius 2 is 1.82 bits per heavy atom. The molecule has 0 radical (unpaired) electrons. The fourth-order valence-electron chi connectivity index (χ4n) is 5.39. The molecular weight excluding hydrogens is 467 g/mol. The Kier molecular flexibility index (Phi) is 5.00. The molecule has 2 aromatic rings. The average molecular weight is 487 g/mol. The van der Waals surface area contributed by atoms with E-state index in [-0.39, 0.29) is 13.0 Å². The van der Waals surface area contributed by atoms with E-state index in [1.54, 1.807) is 43.3 Å². The van der Waals surface area contributed by atoms with Crippen molar-refractivity contribution in [3.8, 4) is 0 Å². The molecule has 3 heterocycles. The number of carbonyl (C=O) groups is 4. The number of carbonyl (C=O) groups excluding carboxylic acids is 4. The molecule has 33 heavy (non-hydrogen) atoms. The molecule has 8 nitrogen and oxygen atoms in total. The van der Waals surface area contributed by atoms with Gasteiger partial charge in [-0.25, -0.2) is 0 Å². The van der Waals surface area contributed by atoms with Crippen molar-refractivity contribution in [2.24, 2.45) is 17.6 Å². The molecule has 4 amide bonds. The standard InChI is InChI=1S/C23H20Cl2N4O4/c1-10-13(24)7-6-12-19(10)27-22(33)23(12)18-17(15(28-23)8-16(26)30)20(31)29(21(18)32)9-11-4-2-3-5-14(11)25/h2-7,15,17-18,28H,8-9H2,1H3,(H2,26,30)(H,27,33)/t15-,17+,18-,23-/m0/s1. The number of likely N-dealkylation sites (tertiary alicyclic amines) is 1. The summed E-state index contributed by atoms with van der Waals surface area (Å²) in [6, 6.07) is 9.46. The van der Waals surface area contributed by atoms with E-state index >= 15 is 0 Å². The van der Waals surface area contributed by atoms with Crippen LogP contribution in [-0.4, -0.2) is 34.6 Å². The Labute approximate surface area is 199 Å². The minimum Gasteiger partial charge on any atom is -0.370 e. The van der Waals surface area contributed by atoms with Crippen molar-refractivity contribution >= 4 is 52.5 Å². The number of benzene rings is 2. The number of primary amides is 1. The fourth-order valence-corrected chi connectivity index (χ4v) is 5.75. The second-order valence-electron chi connectivity index (χ2n) is 8.64. The van der Waals surface area contributed by atoms with Gasteiger partial charge in [-0.3, -0.25) is 29.4 Å². The van der Waals surface area contributed by atoms with Gasteiger partial charge in [0.05, 0.1) is 24.1 Å². The van der Waals surface area contributed by atoms with Crippen molar-refractivity contribution in [3.05, 3.63) is 63.1 Å². The van der Waals surface area contributed by atoms with E-state index in [1.807, 2.05) is 0 Å². The smallest absolute Gasteiger partial charge is 0.250 e. The van der Waals surface area contributed by atoms with Crippen molar-refractivity contribution in [2.75, 3.05) is 5.32 Å². The highest BCUT2D eigenvalue weighted by Gasteiger charge is 2.70. The van der Waals surface area contributed by atoms with Gasteiger partial charge >= 0.3 is 0 Å². The van der Waals surface area contributed by atoms with Crippen LogP contribution in [0, 0.1) is 18.8 Å². The van der Waals surface area contributed by atoms with Gasteiger partial charge in [-0.15, -0.1) is 0 Å². The predicted octanol–water partition coefficient (Wildman–Crippen LogP) is 2.10. The van der Waals surface area contributed by atoms with Crippen LogP contribution >= 0.6 is 23.2 Å². The van der Waals surface area contributed by atoms with E-state index in [2.05, 4.69) is 10.6 Å². The molecule has 170 valence electrons. The van der Waals surface area contributed by atoms with Crippen molar-refractivity contribution < 1.29 is 19.2 Å². The summed E-state index contributed by atoms with van der Waals surface area (Å²) in [5, 5.41) is 6.87. The van der Waals surface area contributed by atoms with Gasteiger partial charge in [-0.2, -0.15) is 0 Å². The molecule has 2 aromatic carbocycles. The lowest BCUT2D eigenvalue weighted by Gasteiger charge is -2.29. The number of amides is 4. The second kappa shape index (κ2) is 7.55. The zero-order valence-electron chi connectivity index (χ0n) is 17.5. The largest absolute Gasteiger partial charge is 0.370 e. The lowest BCUT2D eigenvalue weighted by atomic mass is 9.76. The van der Waals surface area contributed by atoms with Crippen molar-refractivity contribution in [1.82, 2.24) is 10.2 Å². The first-order chi connectivity index (χ1) is 15.7. The van der Waals surface area contributed by atoms with Crippen LogP contribution in [-0.2, 0) is 31.3 Å². The summed E-state index contributed by atoms with van der Waals surface area (Å²) in [6.07, 6.45) is -0.197. The number of hydrogen-bond acceptors (Lipinski definition) is 5. The first-order valence-corrected chi connectivity index (χ1v) is 11.2. The Morgan fingerprint density at radius 3 is 2.52 bits per heavy atom. The minimum absolute atomic E-state index is 0.0299. The zero-order chi connectivity index (χ0) is 23.7. The molecule has 2 saturated heterocycles. The molecule has 3 aliphatic rings. The number of fused-ring (bicyclic) bond motifs is 4. The van der Waals surface area contributed by atoms with Crippen LogP contribution < -0.4 is 16.4 Å². The molecule has 4 atom stereocenters. The number of nitrogens with zero attached hydrogens (tertiary/aromatic N) is 1. The summed E-state index contributed by atoms with van der Waals surface area (Å²) >= 11 is 12.5. The topological polar surface area (TPSA) is 122 Å². The van der Waals surface area contributed by atoms with E-state index in [1.165, 1.54) is 0 Å². The SMILES string of the molecule is Cc1c(Cl)ccc2c1NC(=O)[C@]21N[C@@H](CC(N)=O)[C@H]2C(=O)N(Cc3ccccc3Cl)C(=O)[C@H]21. The highest BCUT2D eigenvalue weighted by molar-refractivity contribution is 6.32. The van der Waals surface area contributed by atoms with E-state index < -0.39 is 47.0 Å². The van der Waals surface area contributed by atoms with Crippen molar-refractivity contribution in [1.29, 1.82) is 0 Å². The third-order valence-electron chi connectivity index (χ3n) is 6.88. The van der Waals surface area contributed by atoms with Gasteiger partial charge in [-0.1, -0.05) is 47.5 Å². The lowest BCUT2D eigenvalue weighted by Crippen LogP contribution is -2.53.